The van der Waals surface area contributed by atoms with Crippen molar-refractivity contribution in [1.29, 1.82) is 0 Å². The normalized spacial score (nSPS) is 15.9. The van der Waals surface area contributed by atoms with E-state index in [1.54, 1.807) is 0 Å². The number of hydrogen-bond acceptors (Lipinski definition) is 6. The average molecular weight is 480 g/mol. The minimum Gasteiger partial charge on any atom is -0.492 e. The van der Waals surface area contributed by atoms with E-state index in [4.69, 9.17) is 14.0 Å². The molecular formula is C24H24F4N2O4. The number of aromatic nitrogens is 1. The predicted molar refractivity (Wildman–Crippen MR) is 116 cm³/mol. The Morgan fingerprint density at radius 3 is 2.53 bits per heavy atom. The Kier molecular flexibility index (Phi) is 6.79. The molecule has 10 heteroatoms. The number of halogens is 4. The Balaban J connectivity index is 1.87. The summed E-state index contributed by atoms with van der Waals surface area (Å²) in [5.74, 6) is -2.94. The molecule has 182 valence electrons. The van der Waals surface area contributed by atoms with Gasteiger partial charge in [-0.25, -0.2) is 4.39 Å². The number of carbonyl (C=O) groups excluding carboxylic acids is 1. The number of rotatable bonds is 7. The monoisotopic (exact) mass is 480 g/mol. The first-order valence-corrected chi connectivity index (χ1v) is 11.0. The van der Waals surface area contributed by atoms with E-state index in [0.29, 0.717) is 11.8 Å². The van der Waals surface area contributed by atoms with E-state index in [9.17, 15) is 22.4 Å². The van der Waals surface area contributed by atoms with E-state index in [-0.39, 0.29) is 28.3 Å². The molecule has 0 N–H and O–H groups in total. The average Bonchev–Trinajstić information content (AvgIpc) is 3.24. The molecule has 6 nitrogen and oxygen atoms in total. The molecule has 1 fully saturated rings. The van der Waals surface area contributed by atoms with Gasteiger partial charge in [0.1, 0.15) is 11.5 Å². The highest BCUT2D eigenvalue weighted by atomic mass is 19.4. The molecule has 34 heavy (non-hydrogen) atoms. The van der Waals surface area contributed by atoms with E-state index in [1.807, 2.05) is 11.8 Å². The summed E-state index contributed by atoms with van der Waals surface area (Å²) in [4.78, 5) is 14.3. The van der Waals surface area contributed by atoms with E-state index < -0.39 is 29.6 Å². The minimum atomic E-state index is -5.10. The van der Waals surface area contributed by atoms with Gasteiger partial charge >= 0.3 is 6.18 Å². The zero-order valence-corrected chi connectivity index (χ0v) is 18.7. The summed E-state index contributed by atoms with van der Waals surface area (Å²) in [7, 11) is 1.28. The zero-order chi connectivity index (χ0) is 24.5. The summed E-state index contributed by atoms with van der Waals surface area (Å²) in [6.45, 7) is 3.34. The summed E-state index contributed by atoms with van der Waals surface area (Å²) < 4.78 is 70.7. The number of benzene rings is 2. The van der Waals surface area contributed by atoms with Crippen molar-refractivity contribution in [2.75, 3.05) is 20.2 Å². The molecule has 1 unspecified atom stereocenters. The van der Waals surface area contributed by atoms with Crippen LogP contribution in [0, 0.1) is 5.82 Å². The smallest absolute Gasteiger partial charge is 0.455 e. The van der Waals surface area contributed by atoms with Gasteiger partial charge in [0, 0.05) is 19.2 Å². The van der Waals surface area contributed by atoms with E-state index in [2.05, 4.69) is 5.16 Å². The largest absolute Gasteiger partial charge is 0.492 e. The number of likely N-dealkylation sites (tertiary alicyclic amines) is 1. The second kappa shape index (κ2) is 9.61. The van der Waals surface area contributed by atoms with E-state index >= 15 is 0 Å². The number of nitrogens with zero attached hydrogens (tertiary/aromatic N) is 2. The molecule has 0 amide bonds. The van der Waals surface area contributed by atoms with Gasteiger partial charge in [-0.05, 0) is 43.5 Å². The highest BCUT2D eigenvalue weighted by molar-refractivity contribution is 6.05. The number of fused-ring (bicyclic) bond motifs is 1. The summed E-state index contributed by atoms with van der Waals surface area (Å²) in [5, 5.41) is 4.41. The summed E-state index contributed by atoms with van der Waals surface area (Å²) in [6, 6.07) is 6.18. The molecule has 0 aliphatic carbocycles. The quantitative estimate of drug-likeness (QED) is 0.306. The Morgan fingerprint density at radius 2 is 1.88 bits per heavy atom. The number of carbonyl (C=O) groups is 1. The molecule has 0 bridgehead atoms. The maximum atomic E-state index is 13.6. The third-order valence-corrected chi connectivity index (χ3v) is 5.91. The van der Waals surface area contributed by atoms with Crippen LogP contribution < -0.4 is 9.47 Å². The third-order valence-electron chi connectivity index (χ3n) is 5.91. The molecule has 3 aromatic rings. The molecule has 2 aromatic carbocycles. The van der Waals surface area contributed by atoms with Crippen LogP contribution in [-0.2, 0) is 0 Å². The van der Waals surface area contributed by atoms with Crippen molar-refractivity contribution in [1.82, 2.24) is 10.1 Å². The van der Waals surface area contributed by atoms with Gasteiger partial charge in [-0.1, -0.05) is 18.5 Å². The standard InChI is InChI=1S/C24H24F4N2O4/c1-3-19(30-11-5-4-6-12-30)33-22-17(23(31)24(26,27)28)10-9-16(21(22)32-2)20-15-8-7-14(25)13-18(15)34-29-20/h7-10,13,19H,3-6,11-12H2,1-2H3. The first-order valence-electron chi connectivity index (χ1n) is 11.0. The Morgan fingerprint density at radius 1 is 1.15 bits per heavy atom. The van der Waals surface area contributed by atoms with Gasteiger partial charge in [-0.15, -0.1) is 0 Å². The highest BCUT2D eigenvalue weighted by Crippen LogP contribution is 2.44. The molecule has 0 radical (unpaired) electrons. The third kappa shape index (κ3) is 4.59. The number of piperidine rings is 1. The van der Waals surface area contributed by atoms with Crippen LogP contribution in [0.25, 0.3) is 22.2 Å². The molecule has 1 atom stereocenters. The molecule has 2 heterocycles. The lowest BCUT2D eigenvalue weighted by Crippen LogP contribution is -2.42. The fourth-order valence-corrected chi connectivity index (χ4v) is 4.26. The van der Waals surface area contributed by atoms with Crippen LogP contribution in [0.1, 0.15) is 43.0 Å². The fourth-order valence-electron chi connectivity index (χ4n) is 4.26. The Labute approximate surface area is 193 Å². The molecule has 1 aromatic heterocycles. The molecular weight excluding hydrogens is 456 g/mol. The molecule has 1 aliphatic rings. The van der Waals surface area contributed by atoms with Crippen molar-refractivity contribution in [2.45, 2.75) is 45.0 Å². The zero-order valence-electron chi connectivity index (χ0n) is 18.7. The van der Waals surface area contributed by atoms with Gasteiger partial charge in [0.15, 0.2) is 23.3 Å². The topological polar surface area (TPSA) is 64.8 Å². The van der Waals surface area contributed by atoms with E-state index in [1.165, 1.54) is 25.3 Å². The van der Waals surface area contributed by atoms with E-state index in [0.717, 1.165) is 44.5 Å². The maximum Gasteiger partial charge on any atom is 0.455 e. The van der Waals surface area contributed by atoms with Crippen molar-refractivity contribution in [3.05, 3.63) is 41.7 Å². The lowest BCUT2D eigenvalue weighted by molar-refractivity contribution is -0.0889. The van der Waals surface area contributed by atoms with Crippen LogP contribution in [0.15, 0.2) is 34.9 Å². The maximum absolute atomic E-state index is 13.6. The van der Waals surface area contributed by atoms with Gasteiger partial charge in [0.2, 0.25) is 0 Å². The number of Topliss-reactive ketones (excluding diaryl/α,β-unsaturated/α-hetero) is 1. The van der Waals surface area contributed by atoms with Gasteiger partial charge in [-0.3, -0.25) is 9.69 Å². The molecule has 1 aliphatic heterocycles. The van der Waals surface area contributed by atoms with Crippen LogP contribution in [-0.4, -0.2) is 48.4 Å². The molecule has 0 saturated carbocycles. The van der Waals surface area contributed by atoms with Crippen molar-refractivity contribution >= 4 is 16.8 Å². The predicted octanol–water partition coefficient (Wildman–Crippen LogP) is 5.99. The Bertz CT molecular complexity index is 1190. The van der Waals surface area contributed by atoms with Gasteiger partial charge < -0.3 is 14.0 Å². The number of hydrogen-bond donors (Lipinski definition) is 0. The van der Waals surface area contributed by atoms with Crippen molar-refractivity contribution in [2.24, 2.45) is 0 Å². The second-order valence-electron chi connectivity index (χ2n) is 8.10. The number of ether oxygens (including phenoxy) is 2. The van der Waals surface area contributed by atoms with Crippen molar-refractivity contribution in [3.63, 3.8) is 0 Å². The Hall–Kier alpha value is -3.14. The van der Waals surface area contributed by atoms with Crippen molar-refractivity contribution in [3.8, 4) is 22.8 Å². The van der Waals surface area contributed by atoms with Crippen LogP contribution in [0.4, 0.5) is 17.6 Å². The van der Waals surface area contributed by atoms with Gasteiger partial charge in [0.05, 0.1) is 23.6 Å². The summed E-state index contributed by atoms with van der Waals surface area (Å²) >= 11 is 0. The summed E-state index contributed by atoms with van der Waals surface area (Å²) in [5.41, 5.74) is 0.000861. The molecule has 1 saturated heterocycles. The van der Waals surface area contributed by atoms with Crippen LogP contribution in [0.5, 0.6) is 11.5 Å². The fraction of sp³-hybridized carbons (Fsp3) is 0.417. The van der Waals surface area contributed by atoms with Crippen LogP contribution in [0.2, 0.25) is 0 Å². The SMILES string of the molecule is CCC(Oc1c(C(=O)C(F)(F)F)ccc(-c2noc3cc(F)ccc23)c1OC)N1CCCCC1. The van der Waals surface area contributed by atoms with Crippen LogP contribution >= 0.6 is 0 Å². The number of methoxy groups -OCH3 is 1. The minimum absolute atomic E-state index is 0.0786. The lowest BCUT2D eigenvalue weighted by atomic mass is 10.0. The number of ketones is 1. The summed E-state index contributed by atoms with van der Waals surface area (Å²) in [6.07, 6.45) is -2.19. The highest BCUT2D eigenvalue weighted by Gasteiger charge is 2.42. The second-order valence-corrected chi connectivity index (χ2v) is 8.10. The van der Waals surface area contributed by atoms with Gasteiger partial charge in [0.25, 0.3) is 5.78 Å². The van der Waals surface area contributed by atoms with Crippen LogP contribution in [0.3, 0.4) is 0 Å². The van der Waals surface area contributed by atoms with Crippen molar-refractivity contribution < 1.29 is 36.4 Å². The van der Waals surface area contributed by atoms with Gasteiger partial charge in [-0.2, -0.15) is 13.2 Å². The number of alkyl halides is 3. The first-order chi connectivity index (χ1) is 16.2. The molecule has 4 rings (SSSR count). The molecule has 0 spiro atoms. The first kappa shape index (κ1) is 24.0. The lowest BCUT2D eigenvalue weighted by Gasteiger charge is -2.34.